The average molecular weight is 310 g/mol. The maximum Gasteiger partial charge on any atom is 0.165 e. The van der Waals surface area contributed by atoms with Gasteiger partial charge in [0.1, 0.15) is 0 Å². The van der Waals surface area contributed by atoms with E-state index in [2.05, 4.69) is 48.9 Å². The predicted octanol–water partition coefficient (Wildman–Crippen LogP) is 3.63. The van der Waals surface area contributed by atoms with Gasteiger partial charge in [0.25, 0.3) is 0 Å². The molecule has 3 aromatic rings. The molecule has 0 unspecified atom stereocenters. The first kappa shape index (κ1) is 15.4. The molecule has 4 nitrogen and oxygen atoms in total. The van der Waals surface area contributed by atoms with E-state index in [9.17, 15) is 0 Å². The SMILES string of the molecule is COc1cc(-c2c(C)n(C)c3ccccc23)cc(CN)c1OC. The number of nitrogens with two attached hydrogens (primary N) is 1. The molecule has 0 bridgehead atoms. The molecule has 23 heavy (non-hydrogen) atoms. The van der Waals surface area contributed by atoms with Gasteiger partial charge in [-0.1, -0.05) is 18.2 Å². The quantitative estimate of drug-likeness (QED) is 0.800. The van der Waals surface area contributed by atoms with Gasteiger partial charge in [0.15, 0.2) is 11.5 Å². The number of nitrogens with zero attached hydrogens (tertiary/aromatic N) is 1. The smallest absolute Gasteiger partial charge is 0.165 e. The van der Waals surface area contributed by atoms with Gasteiger partial charge >= 0.3 is 0 Å². The van der Waals surface area contributed by atoms with E-state index in [0.717, 1.165) is 11.1 Å². The Labute approximate surface area is 136 Å². The van der Waals surface area contributed by atoms with Crippen molar-refractivity contribution in [2.24, 2.45) is 12.8 Å². The number of hydrogen-bond donors (Lipinski definition) is 1. The minimum Gasteiger partial charge on any atom is -0.493 e. The zero-order valence-electron chi connectivity index (χ0n) is 14.0. The highest BCUT2D eigenvalue weighted by atomic mass is 16.5. The van der Waals surface area contributed by atoms with Crippen molar-refractivity contribution in [1.29, 1.82) is 0 Å². The Morgan fingerprint density at radius 3 is 2.48 bits per heavy atom. The topological polar surface area (TPSA) is 49.4 Å². The van der Waals surface area contributed by atoms with Crippen molar-refractivity contribution in [2.45, 2.75) is 13.5 Å². The summed E-state index contributed by atoms with van der Waals surface area (Å²) in [5.41, 5.74) is 11.6. The van der Waals surface area contributed by atoms with Crippen LogP contribution in [0.2, 0.25) is 0 Å². The molecular formula is C19H22N2O2. The van der Waals surface area contributed by atoms with Crippen molar-refractivity contribution in [2.75, 3.05) is 14.2 Å². The third-order valence-electron chi connectivity index (χ3n) is 4.46. The fraction of sp³-hybridized carbons (Fsp3) is 0.263. The zero-order chi connectivity index (χ0) is 16.6. The van der Waals surface area contributed by atoms with Crippen molar-refractivity contribution >= 4 is 10.9 Å². The fourth-order valence-corrected chi connectivity index (χ4v) is 3.22. The van der Waals surface area contributed by atoms with Crippen LogP contribution in [0.25, 0.3) is 22.0 Å². The molecule has 0 saturated heterocycles. The Balaban J connectivity index is 2.33. The van der Waals surface area contributed by atoms with Gasteiger partial charge < -0.3 is 19.8 Å². The summed E-state index contributed by atoms with van der Waals surface area (Å²) in [4.78, 5) is 0. The summed E-state index contributed by atoms with van der Waals surface area (Å²) in [7, 11) is 5.38. The summed E-state index contributed by atoms with van der Waals surface area (Å²) in [6, 6.07) is 12.5. The van der Waals surface area contributed by atoms with E-state index in [4.69, 9.17) is 15.2 Å². The predicted molar refractivity (Wildman–Crippen MR) is 94.1 cm³/mol. The second-order valence-electron chi connectivity index (χ2n) is 5.61. The van der Waals surface area contributed by atoms with Crippen molar-refractivity contribution in [3.63, 3.8) is 0 Å². The van der Waals surface area contributed by atoms with Gasteiger partial charge in [-0.2, -0.15) is 0 Å². The number of hydrogen-bond acceptors (Lipinski definition) is 3. The molecule has 2 N–H and O–H groups in total. The van der Waals surface area contributed by atoms with Gasteiger partial charge in [0.2, 0.25) is 0 Å². The number of methoxy groups -OCH3 is 2. The Kier molecular flexibility index (Phi) is 4.01. The Morgan fingerprint density at radius 2 is 1.83 bits per heavy atom. The first-order valence-electron chi connectivity index (χ1n) is 7.61. The minimum atomic E-state index is 0.400. The van der Waals surface area contributed by atoms with Crippen LogP contribution in [0.4, 0.5) is 0 Å². The normalized spacial score (nSPS) is 11.0. The molecule has 0 aliphatic rings. The van der Waals surface area contributed by atoms with Crippen LogP contribution in [-0.2, 0) is 13.6 Å². The molecule has 0 fully saturated rings. The van der Waals surface area contributed by atoms with Gasteiger partial charge in [0.05, 0.1) is 14.2 Å². The zero-order valence-corrected chi connectivity index (χ0v) is 14.0. The van der Waals surface area contributed by atoms with E-state index in [1.807, 2.05) is 6.07 Å². The maximum absolute atomic E-state index is 5.91. The molecule has 120 valence electrons. The van der Waals surface area contributed by atoms with E-state index >= 15 is 0 Å². The van der Waals surface area contributed by atoms with Crippen LogP contribution >= 0.6 is 0 Å². The summed E-state index contributed by atoms with van der Waals surface area (Å²) in [6.07, 6.45) is 0. The highest BCUT2D eigenvalue weighted by molar-refractivity contribution is 5.98. The summed E-state index contributed by atoms with van der Waals surface area (Å²) >= 11 is 0. The average Bonchev–Trinajstić information content (AvgIpc) is 2.85. The number of para-hydroxylation sites is 1. The number of ether oxygens (including phenoxy) is 2. The van der Waals surface area contributed by atoms with E-state index in [-0.39, 0.29) is 0 Å². The molecule has 1 heterocycles. The molecule has 0 amide bonds. The highest BCUT2D eigenvalue weighted by Gasteiger charge is 2.17. The van der Waals surface area contributed by atoms with Crippen molar-refractivity contribution < 1.29 is 9.47 Å². The molecular weight excluding hydrogens is 288 g/mol. The lowest BCUT2D eigenvalue weighted by molar-refractivity contribution is 0.352. The molecule has 0 aliphatic carbocycles. The lowest BCUT2D eigenvalue weighted by Crippen LogP contribution is -2.02. The number of fused-ring (bicyclic) bond motifs is 1. The molecule has 4 heteroatoms. The third-order valence-corrected chi connectivity index (χ3v) is 4.46. The van der Waals surface area contributed by atoms with E-state index in [1.165, 1.54) is 22.2 Å². The number of rotatable bonds is 4. The van der Waals surface area contributed by atoms with Gasteiger partial charge in [-0.25, -0.2) is 0 Å². The van der Waals surface area contributed by atoms with Crippen LogP contribution in [0, 0.1) is 6.92 Å². The molecule has 2 aromatic carbocycles. The molecule has 0 spiro atoms. The van der Waals surface area contributed by atoms with Crippen LogP contribution in [0.3, 0.4) is 0 Å². The van der Waals surface area contributed by atoms with Gasteiger partial charge in [-0.3, -0.25) is 0 Å². The van der Waals surface area contributed by atoms with E-state index < -0.39 is 0 Å². The minimum absolute atomic E-state index is 0.400. The summed E-state index contributed by atoms with van der Waals surface area (Å²) in [5, 5.41) is 1.22. The van der Waals surface area contributed by atoms with Crippen LogP contribution in [0.5, 0.6) is 11.5 Å². The standard InChI is InChI=1S/C19H22N2O2/c1-12-18(15-7-5-6-8-16(15)21(12)2)13-9-14(11-20)19(23-4)17(10-13)22-3/h5-10H,11,20H2,1-4H3. The van der Waals surface area contributed by atoms with Gasteiger partial charge in [-0.15, -0.1) is 0 Å². The van der Waals surface area contributed by atoms with Gasteiger partial charge in [0, 0.05) is 41.3 Å². The van der Waals surface area contributed by atoms with Crippen molar-refractivity contribution in [3.05, 3.63) is 47.7 Å². The number of aromatic nitrogens is 1. The lowest BCUT2D eigenvalue weighted by atomic mass is 9.99. The Bertz CT molecular complexity index is 840. The molecule has 0 radical (unpaired) electrons. The Hall–Kier alpha value is -2.46. The molecule has 1 aromatic heterocycles. The first-order valence-corrected chi connectivity index (χ1v) is 7.61. The molecule has 3 rings (SSSR count). The summed E-state index contributed by atoms with van der Waals surface area (Å²) in [6.45, 7) is 2.53. The first-order chi connectivity index (χ1) is 11.1. The van der Waals surface area contributed by atoms with Crippen LogP contribution in [0.1, 0.15) is 11.3 Å². The summed E-state index contributed by atoms with van der Waals surface area (Å²) in [5.74, 6) is 1.41. The third kappa shape index (κ3) is 2.35. The van der Waals surface area contributed by atoms with Crippen LogP contribution < -0.4 is 15.2 Å². The number of aryl methyl sites for hydroxylation is 1. The largest absolute Gasteiger partial charge is 0.493 e. The molecule has 0 aliphatic heterocycles. The Morgan fingerprint density at radius 1 is 1.09 bits per heavy atom. The highest BCUT2D eigenvalue weighted by Crippen LogP contribution is 2.40. The molecule has 0 atom stereocenters. The van der Waals surface area contributed by atoms with E-state index in [1.54, 1.807) is 14.2 Å². The van der Waals surface area contributed by atoms with Gasteiger partial charge in [-0.05, 0) is 30.7 Å². The van der Waals surface area contributed by atoms with E-state index in [0.29, 0.717) is 18.0 Å². The second kappa shape index (κ2) is 5.97. The monoisotopic (exact) mass is 310 g/mol. The maximum atomic E-state index is 5.91. The summed E-state index contributed by atoms with van der Waals surface area (Å²) < 4.78 is 13.2. The second-order valence-corrected chi connectivity index (χ2v) is 5.61. The fourth-order valence-electron chi connectivity index (χ4n) is 3.22. The lowest BCUT2D eigenvalue weighted by Gasteiger charge is -2.14. The van der Waals surface area contributed by atoms with Crippen LogP contribution in [-0.4, -0.2) is 18.8 Å². The number of benzene rings is 2. The van der Waals surface area contributed by atoms with Crippen molar-refractivity contribution in [3.8, 4) is 22.6 Å². The van der Waals surface area contributed by atoms with Crippen molar-refractivity contribution in [1.82, 2.24) is 4.57 Å². The van der Waals surface area contributed by atoms with Crippen LogP contribution in [0.15, 0.2) is 36.4 Å². The molecule has 0 saturated carbocycles.